The average Bonchev–Trinajstić information content (AvgIpc) is 2.61. The van der Waals surface area contributed by atoms with Crippen LogP contribution in [-0.2, 0) is 11.3 Å². The van der Waals surface area contributed by atoms with Crippen molar-refractivity contribution in [1.82, 2.24) is 10.2 Å². The molecular weight excluding hydrogens is 276 g/mol. The molecule has 1 amide bonds. The number of halogens is 1. The molecule has 0 saturated carbocycles. The second-order valence-corrected chi connectivity index (χ2v) is 6.07. The lowest BCUT2D eigenvalue weighted by atomic mass is 9.95. The fraction of sp³-hybridized carbons (Fsp3) is 0.533. The summed E-state index contributed by atoms with van der Waals surface area (Å²) < 4.78 is 5.70. The smallest absolute Gasteiger partial charge is 0.410 e. The van der Waals surface area contributed by atoms with E-state index < -0.39 is 0 Å². The number of nitrogens with one attached hydrogen (secondary N) is 1. The fourth-order valence-electron chi connectivity index (χ4n) is 2.99. The van der Waals surface area contributed by atoms with Crippen LogP contribution in [-0.4, -0.2) is 36.2 Å². The molecule has 1 N–H and O–H groups in total. The number of hydrogen-bond acceptors (Lipinski definition) is 3. The maximum Gasteiger partial charge on any atom is 0.410 e. The summed E-state index contributed by atoms with van der Waals surface area (Å²) in [5.74, 6) is 0. The molecule has 1 aromatic carbocycles. The average molecular weight is 295 g/mol. The third kappa shape index (κ3) is 2.91. The van der Waals surface area contributed by atoms with E-state index in [9.17, 15) is 4.79 Å². The normalized spacial score (nSPS) is 26.6. The lowest BCUT2D eigenvalue weighted by Crippen LogP contribution is -2.35. The lowest BCUT2D eigenvalue weighted by molar-refractivity contribution is 0.0469. The van der Waals surface area contributed by atoms with E-state index in [1.54, 1.807) is 4.90 Å². The summed E-state index contributed by atoms with van der Waals surface area (Å²) in [6, 6.07) is 7.61. The lowest BCUT2D eigenvalue weighted by Gasteiger charge is -2.24. The number of amides is 1. The Morgan fingerprint density at radius 2 is 2.05 bits per heavy atom. The van der Waals surface area contributed by atoms with Crippen molar-refractivity contribution in [2.24, 2.45) is 0 Å². The van der Waals surface area contributed by atoms with Gasteiger partial charge in [0.05, 0.1) is 6.54 Å². The molecule has 0 radical (unpaired) electrons. The molecule has 2 heterocycles. The van der Waals surface area contributed by atoms with Gasteiger partial charge in [0.2, 0.25) is 0 Å². The molecular formula is C15H19ClN2O2. The van der Waals surface area contributed by atoms with Crippen LogP contribution in [0.15, 0.2) is 24.3 Å². The largest absolute Gasteiger partial charge is 0.441 e. The molecule has 0 aromatic heterocycles. The van der Waals surface area contributed by atoms with E-state index in [0.29, 0.717) is 18.1 Å². The highest BCUT2D eigenvalue weighted by Crippen LogP contribution is 2.32. The molecule has 4 nitrogen and oxygen atoms in total. The molecule has 2 saturated heterocycles. The topological polar surface area (TPSA) is 41.6 Å². The van der Waals surface area contributed by atoms with Crippen LogP contribution in [0.3, 0.4) is 0 Å². The van der Waals surface area contributed by atoms with Gasteiger partial charge < -0.3 is 10.1 Å². The minimum atomic E-state index is -0.285. The maximum atomic E-state index is 12.1. The zero-order chi connectivity index (χ0) is 14.0. The minimum Gasteiger partial charge on any atom is -0.441 e. The molecule has 1 aromatic rings. The Morgan fingerprint density at radius 3 is 2.85 bits per heavy atom. The first-order chi connectivity index (χ1) is 9.67. The number of carbonyl (C=O) groups excluding carboxylic acids is 1. The Bertz CT molecular complexity index is 481. The zero-order valence-electron chi connectivity index (χ0n) is 11.4. The monoisotopic (exact) mass is 294 g/mol. The van der Waals surface area contributed by atoms with Gasteiger partial charge in [-0.3, -0.25) is 4.90 Å². The Hall–Kier alpha value is -1.26. The molecule has 1 unspecified atom stereocenters. The number of nitrogens with zero attached hydrogens (tertiary/aromatic N) is 1. The molecule has 2 aliphatic heterocycles. The molecule has 1 atom stereocenters. The van der Waals surface area contributed by atoms with Gasteiger partial charge in [0.1, 0.15) is 5.60 Å². The molecule has 0 aliphatic carbocycles. The van der Waals surface area contributed by atoms with E-state index in [1.165, 1.54) is 0 Å². The number of ether oxygens (including phenoxy) is 1. The molecule has 1 spiro atoms. The first kappa shape index (κ1) is 13.7. The van der Waals surface area contributed by atoms with Gasteiger partial charge in [-0.2, -0.15) is 0 Å². The maximum absolute atomic E-state index is 12.1. The van der Waals surface area contributed by atoms with E-state index in [0.717, 1.165) is 37.9 Å². The first-order valence-corrected chi connectivity index (χ1v) is 7.48. The summed E-state index contributed by atoms with van der Waals surface area (Å²) >= 11 is 5.88. The van der Waals surface area contributed by atoms with Crippen molar-refractivity contribution in [3.8, 4) is 0 Å². The van der Waals surface area contributed by atoms with E-state index in [1.807, 2.05) is 24.3 Å². The molecule has 108 valence electrons. The summed E-state index contributed by atoms with van der Waals surface area (Å²) in [7, 11) is 0. The van der Waals surface area contributed by atoms with Gasteiger partial charge in [0.15, 0.2) is 0 Å². The molecule has 0 bridgehead atoms. The van der Waals surface area contributed by atoms with E-state index in [2.05, 4.69) is 5.32 Å². The quantitative estimate of drug-likeness (QED) is 0.912. The van der Waals surface area contributed by atoms with Gasteiger partial charge in [-0.25, -0.2) is 4.79 Å². The Morgan fingerprint density at radius 1 is 1.25 bits per heavy atom. The van der Waals surface area contributed by atoms with Crippen LogP contribution >= 0.6 is 11.6 Å². The van der Waals surface area contributed by atoms with Gasteiger partial charge in [-0.1, -0.05) is 23.7 Å². The van der Waals surface area contributed by atoms with Crippen LogP contribution in [0, 0.1) is 0 Å². The van der Waals surface area contributed by atoms with Gasteiger partial charge in [0.25, 0.3) is 0 Å². The summed E-state index contributed by atoms with van der Waals surface area (Å²) in [5, 5.41) is 4.07. The van der Waals surface area contributed by atoms with Crippen LogP contribution in [0.2, 0.25) is 5.02 Å². The number of carbonyl (C=O) groups is 1. The van der Waals surface area contributed by atoms with Crippen LogP contribution in [0.4, 0.5) is 4.79 Å². The number of benzene rings is 1. The second kappa shape index (κ2) is 5.62. The van der Waals surface area contributed by atoms with Crippen molar-refractivity contribution in [2.45, 2.75) is 31.4 Å². The van der Waals surface area contributed by atoms with Crippen molar-refractivity contribution in [2.75, 3.05) is 19.6 Å². The standard InChI is InChI=1S/C15H19ClN2O2/c16-13-4-2-12(3-5-13)10-18-11-15(20-14(18)19)6-1-8-17-9-7-15/h2-5,17H,1,6-11H2. The highest BCUT2D eigenvalue weighted by atomic mass is 35.5. The Kier molecular flexibility index (Phi) is 3.85. The van der Waals surface area contributed by atoms with Gasteiger partial charge in [-0.05, 0) is 43.6 Å². The summed E-state index contributed by atoms with van der Waals surface area (Å²) in [6.45, 7) is 3.21. The molecule has 2 aliphatic rings. The molecule has 2 fully saturated rings. The van der Waals surface area contributed by atoms with Crippen LogP contribution in [0.25, 0.3) is 0 Å². The van der Waals surface area contributed by atoms with Crippen molar-refractivity contribution in [3.63, 3.8) is 0 Å². The van der Waals surface area contributed by atoms with E-state index >= 15 is 0 Å². The fourth-order valence-corrected chi connectivity index (χ4v) is 3.11. The van der Waals surface area contributed by atoms with E-state index in [4.69, 9.17) is 16.3 Å². The van der Waals surface area contributed by atoms with Crippen LogP contribution in [0.1, 0.15) is 24.8 Å². The summed E-state index contributed by atoms with van der Waals surface area (Å²) in [4.78, 5) is 13.9. The predicted molar refractivity (Wildman–Crippen MR) is 77.8 cm³/mol. The number of rotatable bonds is 2. The van der Waals surface area contributed by atoms with Crippen molar-refractivity contribution < 1.29 is 9.53 Å². The first-order valence-electron chi connectivity index (χ1n) is 7.10. The SMILES string of the molecule is O=C1OC2(CCCNCC2)CN1Cc1ccc(Cl)cc1. The number of hydrogen-bond donors (Lipinski definition) is 1. The van der Waals surface area contributed by atoms with Gasteiger partial charge >= 0.3 is 6.09 Å². The highest BCUT2D eigenvalue weighted by molar-refractivity contribution is 6.30. The highest BCUT2D eigenvalue weighted by Gasteiger charge is 2.44. The third-order valence-electron chi connectivity index (χ3n) is 4.07. The van der Waals surface area contributed by atoms with Crippen LogP contribution < -0.4 is 5.32 Å². The van der Waals surface area contributed by atoms with Gasteiger partial charge in [-0.15, -0.1) is 0 Å². The predicted octanol–water partition coefficient (Wildman–Crippen LogP) is 2.80. The van der Waals surface area contributed by atoms with Crippen molar-refractivity contribution in [1.29, 1.82) is 0 Å². The van der Waals surface area contributed by atoms with Gasteiger partial charge in [0, 0.05) is 18.0 Å². The minimum absolute atomic E-state index is 0.193. The van der Waals surface area contributed by atoms with E-state index in [-0.39, 0.29) is 11.7 Å². The Balaban J connectivity index is 1.68. The third-order valence-corrected chi connectivity index (χ3v) is 4.32. The second-order valence-electron chi connectivity index (χ2n) is 5.64. The molecule has 20 heavy (non-hydrogen) atoms. The van der Waals surface area contributed by atoms with Crippen molar-refractivity contribution in [3.05, 3.63) is 34.9 Å². The van der Waals surface area contributed by atoms with Crippen molar-refractivity contribution >= 4 is 17.7 Å². The summed E-state index contributed by atoms with van der Waals surface area (Å²) in [6.07, 6.45) is 2.71. The zero-order valence-corrected chi connectivity index (χ0v) is 12.2. The molecule has 5 heteroatoms. The van der Waals surface area contributed by atoms with Crippen LogP contribution in [0.5, 0.6) is 0 Å². The Labute approximate surface area is 124 Å². The summed E-state index contributed by atoms with van der Waals surface area (Å²) in [5.41, 5.74) is 0.794. The molecule has 3 rings (SSSR count).